The van der Waals surface area contributed by atoms with Crippen molar-refractivity contribution in [3.8, 4) is 22.7 Å². The number of hydrogen-bond donors (Lipinski definition) is 1. The van der Waals surface area contributed by atoms with Gasteiger partial charge in [-0.05, 0) is 43.7 Å². The highest BCUT2D eigenvalue weighted by molar-refractivity contribution is 5.94. The van der Waals surface area contributed by atoms with Gasteiger partial charge >= 0.3 is 0 Å². The normalized spacial score (nSPS) is 11.8. The van der Waals surface area contributed by atoms with Crippen LogP contribution in [0, 0.1) is 0 Å². The Balaban J connectivity index is 2.06. The van der Waals surface area contributed by atoms with Gasteiger partial charge in [0.2, 0.25) is 0 Å². The van der Waals surface area contributed by atoms with Crippen LogP contribution in [-0.2, 0) is 0 Å². The molecule has 0 saturated carbocycles. The first-order valence-corrected chi connectivity index (χ1v) is 8.73. The van der Waals surface area contributed by atoms with Crippen LogP contribution in [0.15, 0.2) is 60.7 Å². The molecule has 0 unspecified atom stereocenters. The van der Waals surface area contributed by atoms with E-state index in [2.05, 4.69) is 10.4 Å². The van der Waals surface area contributed by atoms with Crippen molar-refractivity contribution in [1.82, 2.24) is 15.1 Å². The van der Waals surface area contributed by atoms with Gasteiger partial charge in [-0.3, -0.25) is 4.79 Å². The van der Waals surface area contributed by atoms with E-state index in [9.17, 15) is 4.79 Å². The molecule has 26 heavy (non-hydrogen) atoms. The van der Waals surface area contributed by atoms with E-state index >= 15 is 0 Å². The van der Waals surface area contributed by atoms with Crippen LogP contribution in [0.5, 0.6) is 5.75 Å². The van der Waals surface area contributed by atoms with Gasteiger partial charge < -0.3 is 10.1 Å². The minimum atomic E-state index is -0.134. The fourth-order valence-electron chi connectivity index (χ4n) is 2.63. The fourth-order valence-corrected chi connectivity index (χ4v) is 2.63. The van der Waals surface area contributed by atoms with Gasteiger partial charge in [-0.25, -0.2) is 4.68 Å². The summed E-state index contributed by atoms with van der Waals surface area (Å²) in [5.74, 6) is 0.618. The summed E-state index contributed by atoms with van der Waals surface area (Å²) < 4.78 is 6.99. The zero-order chi connectivity index (χ0) is 18.5. The number of ether oxygens (including phenoxy) is 1. The number of para-hydroxylation sites is 1. The second-order valence-electron chi connectivity index (χ2n) is 6.18. The van der Waals surface area contributed by atoms with Crippen molar-refractivity contribution in [3.63, 3.8) is 0 Å². The molecule has 1 atom stereocenters. The Morgan fingerprint density at radius 1 is 1.15 bits per heavy atom. The first-order chi connectivity index (χ1) is 12.6. The van der Waals surface area contributed by atoms with E-state index in [0.717, 1.165) is 29.1 Å². The lowest BCUT2D eigenvalue weighted by Crippen LogP contribution is -2.33. The SMILES string of the molecule is CC[C@H](C)NC(=O)c1cc(-c2cccc(OC)c2)nn1-c1ccccc1. The maximum absolute atomic E-state index is 12.8. The first kappa shape index (κ1) is 17.7. The second-order valence-corrected chi connectivity index (χ2v) is 6.18. The molecule has 3 aromatic rings. The van der Waals surface area contributed by atoms with Crippen LogP contribution in [0.2, 0.25) is 0 Å². The molecule has 0 saturated heterocycles. The number of hydrogen-bond acceptors (Lipinski definition) is 3. The smallest absolute Gasteiger partial charge is 0.270 e. The lowest BCUT2D eigenvalue weighted by Gasteiger charge is -2.12. The maximum atomic E-state index is 12.8. The van der Waals surface area contributed by atoms with E-state index in [4.69, 9.17) is 4.74 Å². The van der Waals surface area contributed by atoms with E-state index in [1.807, 2.05) is 74.5 Å². The van der Waals surface area contributed by atoms with Crippen LogP contribution >= 0.6 is 0 Å². The van der Waals surface area contributed by atoms with Crippen LogP contribution in [0.4, 0.5) is 0 Å². The Bertz CT molecular complexity index is 887. The minimum Gasteiger partial charge on any atom is -0.497 e. The summed E-state index contributed by atoms with van der Waals surface area (Å²) in [6.45, 7) is 4.03. The number of nitrogens with one attached hydrogen (secondary N) is 1. The molecule has 1 amide bonds. The Kier molecular flexibility index (Phi) is 5.37. The monoisotopic (exact) mass is 349 g/mol. The van der Waals surface area contributed by atoms with Crippen LogP contribution < -0.4 is 10.1 Å². The van der Waals surface area contributed by atoms with Crippen molar-refractivity contribution in [2.75, 3.05) is 7.11 Å². The van der Waals surface area contributed by atoms with E-state index in [-0.39, 0.29) is 11.9 Å². The molecule has 3 rings (SSSR count). The number of benzene rings is 2. The molecule has 0 bridgehead atoms. The molecule has 1 N–H and O–H groups in total. The van der Waals surface area contributed by atoms with Crippen molar-refractivity contribution in [1.29, 1.82) is 0 Å². The summed E-state index contributed by atoms with van der Waals surface area (Å²) in [4.78, 5) is 12.8. The van der Waals surface area contributed by atoms with Crippen molar-refractivity contribution in [2.24, 2.45) is 0 Å². The summed E-state index contributed by atoms with van der Waals surface area (Å²) in [5.41, 5.74) is 2.98. The minimum absolute atomic E-state index is 0.0990. The Morgan fingerprint density at radius 3 is 2.62 bits per heavy atom. The third kappa shape index (κ3) is 3.77. The molecular weight excluding hydrogens is 326 g/mol. The third-order valence-electron chi connectivity index (χ3n) is 4.30. The summed E-state index contributed by atoms with van der Waals surface area (Å²) in [7, 11) is 1.63. The molecule has 1 heterocycles. The molecular formula is C21H23N3O2. The molecule has 0 fully saturated rings. The largest absolute Gasteiger partial charge is 0.497 e. The molecule has 0 aliphatic heterocycles. The topological polar surface area (TPSA) is 56.1 Å². The number of carbonyl (C=O) groups is 1. The van der Waals surface area contributed by atoms with Crippen molar-refractivity contribution < 1.29 is 9.53 Å². The number of amides is 1. The maximum Gasteiger partial charge on any atom is 0.270 e. The summed E-state index contributed by atoms with van der Waals surface area (Å²) in [5, 5.41) is 7.70. The highest BCUT2D eigenvalue weighted by Gasteiger charge is 2.18. The Hall–Kier alpha value is -3.08. The third-order valence-corrected chi connectivity index (χ3v) is 4.30. The standard InChI is InChI=1S/C21H23N3O2/c1-4-15(2)22-21(25)20-14-19(16-9-8-12-18(13-16)26-3)23-24(20)17-10-6-5-7-11-17/h5-15H,4H2,1-3H3,(H,22,25)/t15-/m0/s1. The van der Waals surface area contributed by atoms with Crippen molar-refractivity contribution in [2.45, 2.75) is 26.3 Å². The van der Waals surface area contributed by atoms with Crippen molar-refractivity contribution >= 4 is 5.91 Å². The number of aromatic nitrogens is 2. The summed E-state index contributed by atoms with van der Waals surface area (Å²) in [6.07, 6.45) is 0.869. The molecule has 2 aromatic carbocycles. The van der Waals surface area contributed by atoms with Crippen LogP contribution in [0.25, 0.3) is 16.9 Å². The van der Waals surface area contributed by atoms with Gasteiger partial charge in [0.15, 0.2) is 0 Å². The van der Waals surface area contributed by atoms with Gasteiger partial charge in [0.05, 0.1) is 18.5 Å². The van der Waals surface area contributed by atoms with Gasteiger partial charge in [0, 0.05) is 11.6 Å². The highest BCUT2D eigenvalue weighted by Crippen LogP contribution is 2.25. The predicted molar refractivity (Wildman–Crippen MR) is 103 cm³/mol. The average Bonchev–Trinajstić information content (AvgIpc) is 3.14. The molecule has 1 aromatic heterocycles. The van der Waals surface area contributed by atoms with Crippen molar-refractivity contribution in [3.05, 3.63) is 66.4 Å². The van der Waals surface area contributed by atoms with Gasteiger partial charge in [-0.1, -0.05) is 37.3 Å². The van der Waals surface area contributed by atoms with Gasteiger partial charge in [0.25, 0.3) is 5.91 Å². The molecule has 0 aliphatic rings. The second kappa shape index (κ2) is 7.87. The number of nitrogens with zero attached hydrogens (tertiary/aromatic N) is 2. The van der Waals surface area contributed by atoms with E-state index < -0.39 is 0 Å². The van der Waals surface area contributed by atoms with Gasteiger partial charge in [-0.2, -0.15) is 5.10 Å². The Labute approximate surface area is 153 Å². The number of methoxy groups -OCH3 is 1. The zero-order valence-electron chi connectivity index (χ0n) is 15.3. The van der Waals surface area contributed by atoms with E-state index in [0.29, 0.717) is 5.69 Å². The lowest BCUT2D eigenvalue weighted by atomic mass is 10.1. The van der Waals surface area contributed by atoms with Crippen LogP contribution in [-0.4, -0.2) is 28.8 Å². The number of rotatable bonds is 6. The van der Waals surface area contributed by atoms with Crippen LogP contribution in [0.1, 0.15) is 30.8 Å². The molecule has 0 aliphatic carbocycles. The molecule has 0 spiro atoms. The number of carbonyl (C=O) groups excluding carboxylic acids is 1. The van der Waals surface area contributed by atoms with E-state index in [1.54, 1.807) is 11.8 Å². The lowest BCUT2D eigenvalue weighted by molar-refractivity contribution is 0.0931. The summed E-state index contributed by atoms with van der Waals surface area (Å²) in [6, 6.07) is 19.2. The molecule has 134 valence electrons. The summed E-state index contributed by atoms with van der Waals surface area (Å²) >= 11 is 0. The quantitative estimate of drug-likeness (QED) is 0.730. The molecule has 5 nitrogen and oxygen atoms in total. The first-order valence-electron chi connectivity index (χ1n) is 8.73. The van der Waals surface area contributed by atoms with Crippen LogP contribution in [0.3, 0.4) is 0 Å². The highest BCUT2D eigenvalue weighted by atomic mass is 16.5. The van der Waals surface area contributed by atoms with Gasteiger partial charge in [-0.15, -0.1) is 0 Å². The van der Waals surface area contributed by atoms with E-state index in [1.165, 1.54) is 0 Å². The Morgan fingerprint density at radius 2 is 1.92 bits per heavy atom. The van der Waals surface area contributed by atoms with Gasteiger partial charge in [0.1, 0.15) is 11.4 Å². The predicted octanol–water partition coefficient (Wildman–Crippen LogP) is 4.08. The average molecular weight is 349 g/mol. The fraction of sp³-hybridized carbons (Fsp3) is 0.238. The molecule has 5 heteroatoms. The molecule has 0 radical (unpaired) electrons. The zero-order valence-corrected chi connectivity index (χ0v) is 15.3.